The molecule has 0 unspecified atom stereocenters. The van der Waals surface area contributed by atoms with Gasteiger partial charge in [-0.3, -0.25) is 9.78 Å². The van der Waals surface area contributed by atoms with Crippen molar-refractivity contribution in [2.75, 3.05) is 25.3 Å². The lowest BCUT2D eigenvalue weighted by molar-refractivity contribution is -0.113. The zero-order chi connectivity index (χ0) is 22.4. The summed E-state index contributed by atoms with van der Waals surface area (Å²) < 4.78 is 11.1. The molecule has 0 saturated carbocycles. The molecule has 3 rings (SSSR count). The number of carbonyl (C=O) groups is 3. The number of methoxy groups -OCH3 is 2. The number of hydrogen-bond donors (Lipinski definition) is 1. The average molecular weight is 441 g/mol. The first-order valence-corrected chi connectivity index (χ1v) is 9.95. The van der Waals surface area contributed by atoms with Crippen LogP contribution in [0.2, 0.25) is 0 Å². The number of nitrogens with one attached hydrogen (secondary N) is 1. The second-order valence-electron chi connectivity index (χ2n) is 6.23. The molecule has 2 aromatic heterocycles. The Kier molecular flexibility index (Phi) is 6.98. The van der Waals surface area contributed by atoms with Crippen molar-refractivity contribution in [3.63, 3.8) is 0 Å². The molecule has 31 heavy (non-hydrogen) atoms. The van der Waals surface area contributed by atoms with E-state index in [1.807, 2.05) is 6.07 Å². The zero-order valence-electron chi connectivity index (χ0n) is 17.0. The van der Waals surface area contributed by atoms with Crippen LogP contribution in [-0.4, -0.2) is 57.6 Å². The highest BCUT2D eigenvalue weighted by Gasteiger charge is 2.16. The molecule has 0 aliphatic heterocycles. The van der Waals surface area contributed by atoms with Crippen LogP contribution in [0.4, 0.5) is 5.69 Å². The van der Waals surface area contributed by atoms with Crippen LogP contribution in [0.3, 0.4) is 0 Å². The molecule has 0 bridgehead atoms. The lowest BCUT2D eigenvalue weighted by Crippen LogP contribution is -2.16. The predicted octanol–water partition coefficient (Wildman–Crippen LogP) is 2.18. The third-order valence-electron chi connectivity index (χ3n) is 4.15. The highest BCUT2D eigenvalue weighted by molar-refractivity contribution is 7.99. The van der Waals surface area contributed by atoms with E-state index in [4.69, 9.17) is 9.47 Å². The first kappa shape index (κ1) is 22.0. The molecule has 1 amide bonds. The molecule has 0 spiro atoms. The van der Waals surface area contributed by atoms with Crippen LogP contribution in [0.1, 0.15) is 20.7 Å². The molecule has 11 heteroatoms. The number of nitrogens with zero attached hydrogens (tertiary/aromatic N) is 4. The Balaban J connectivity index is 1.71. The van der Waals surface area contributed by atoms with Gasteiger partial charge in [-0.25, -0.2) is 9.59 Å². The maximum absolute atomic E-state index is 12.4. The topological polar surface area (TPSA) is 125 Å². The Labute approximate surface area is 182 Å². The molecule has 0 aliphatic carbocycles. The standard InChI is InChI=1S/C20H19N5O5S/c1-25-17(12-5-4-6-21-10-12)23-24-20(25)31-11-16(26)22-15-8-13(18(27)29-2)7-14(9-15)19(28)30-3/h4-10H,11H2,1-3H3,(H,22,26). The molecule has 1 N–H and O–H groups in total. The maximum atomic E-state index is 12.4. The average Bonchev–Trinajstić information content (AvgIpc) is 3.17. The van der Waals surface area contributed by atoms with Gasteiger partial charge >= 0.3 is 11.9 Å². The number of hydrogen-bond acceptors (Lipinski definition) is 9. The summed E-state index contributed by atoms with van der Waals surface area (Å²) in [6.45, 7) is 0. The summed E-state index contributed by atoms with van der Waals surface area (Å²) in [5.74, 6) is -0.969. The van der Waals surface area contributed by atoms with E-state index < -0.39 is 11.9 Å². The molecule has 0 aliphatic rings. The first-order valence-electron chi connectivity index (χ1n) is 8.97. The van der Waals surface area contributed by atoms with Crippen LogP contribution in [0.15, 0.2) is 47.9 Å². The quantitative estimate of drug-likeness (QED) is 0.434. The van der Waals surface area contributed by atoms with Crippen LogP contribution >= 0.6 is 11.8 Å². The molecular formula is C20H19N5O5S. The van der Waals surface area contributed by atoms with Gasteiger partial charge in [0.25, 0.3) is 0 Å². The zero-order valence-corrected chi connectivity index (χ0v) is 17.8. The highest BCUT2D eigenvalue weighted by Crippen LogP contribution is 2.22. The molecular weight excluding hydrogens is 422 g/mol. The maximum Gasteiger partial charge on any atom is 0.337 e. The molecule has 2 heterocycles. The van der Waals surface area contributed by atoms with Gasteiger partial charge in [-0.2, -0.15) is 0 Å². The Hall–Kier alpha value is -3.73. The first-order chi connectivity index (χ1) is 14.9. The van der Waals surface area contributed by atoms with Crippen molar-refractivity contribution in [3.8, 4) is 11.4 Å². The van der Waals surface area contributed by atoms with Crippen LogP contribution in [0.25, 0.3) is 11.4 Å². The minimum atomic E-state index is -0.641. The van der Waals surface area contributed by atoms with E-state index in [0.717, 1.165) is 5.56 Å². The summed E-state index contributed by atoms with van der Waals surface area (Å²) in [5, 5.41) is 11.5. The Bertz CT molecular complexity index is 1080. The van der Waals surface area contributed by atoms with Gasteiger partial charge in [-0.15, -0.1) is 10.2 Å². The van der Waals surface area contributed by atoms with Crippen molar-refractivity contribution in [1.82, 2.24) is 19.7 Å². The van der Waals surface area contributed by atoms with E-state index in [9.17, 15) is 14.4 Å². The fraction of sp³-hybridized carbons (Fsp3) is 0.200. The van der Waals surface area contributed by atoms with Gasteiger partial charge in [0.15, 0.2) is 11.0 Å². The summed E-state index contributed by atoms with van der Waals surface area (Å²) in [4.78, 5) is 40.2. The van der Waals surface area contributed by atoms with Crippen molar-refractivity contribution < 1.29 is 23.9 Å². The summed E-state index contributed by atoms with van der Waals surface area (Å²) in [5.41, 5.74) is 1.30. The number of aromatic nitrogens is 4. The van der Waals surface area contributed by atoms with Gasteiger partial charge in [-0.1, -0.05) is 11.8 Å². The number of benzene rings is 1. The van der Waals surface area contributed by atoms with Crippen molar-refractivity contribution in [1.29, 1.82) is 0 Å². The molecule has 1 aromatic carbocycles. The highest BCUT2D eigenvalue weighted by atomic mass is 32.2. The minimum Gasteiger partial charge on any atom is -0.465 e. The third kappa shape index (κ3) is 5.25. The van der Waals surface area contributed by atoms with Crippen molar-refractivity contribution >= 4 is 35.3 Å². The molecule has 10 nitrogen and oxygen atoms in total. The van der Waals surface area contributed by atoms with Crippen LogP contribution < -0.4 is 5.32 Å². The number of carbonyl (C=O) groups excluding carboxylic acids is 3. The Morgan fingerprint density at radius 2 is 1.74 bits per heavy atom. The van der Waals surface area contributed by atoms with E-state index in [2.05, 4.69) is 20.5 Å². The number of anilines is 1. The van der Waals surface area contributed by atoms with E-state index in [-0.39, 0.29) is 28.5 Å². The normalized spacial score (nSPS) is 10.4. The third-order valence-corrected chi connectivity index (χ3v) is 5.17. The van der Waals surface area contributed by atoms with Crippen molar-refractivity contribution in [2.45, 2.75) is 5.16 Å². The summed E-state index contributed by atoms with van der Waals surface area (Å²) in [6, 6.07) is 7.84. The molecule has 160 valence electrons. The summed E-state index contributed by atoms with van der Waals surface area (Å²) in [7, 11) is 4.25. The van der Waals surface area contributed by atoms with E-state index in [0.29, 0.717) is 11.0 Å². The fourth-order valence-corrected chi connectivity index (χ4v) is 3.40. The molecule has 0 radical (unpaired) electrons. The van der Waals surface area contributed by atoms with Gasteiger partial charge in [0.05, 0.1) is 31.1 Å². The van der Waals surface area contributed by atoms with Crippen LogP contribution in [0, 0.1) is 0 Å². The predicted molar refractivity (Wildman–Crippen MR) is 113 cm³/mol. The lowest BCUT2D eigenvalue weighted by atomic mass is 10.1. The monoisotopic (exact) mass is 441 g/mol. The van der Waals surface area contributed by atoms with E-state index in [1.165, 1.54) is 44.2 Å². The summed E-state index contributed by atoms with van der Waals surface area (Å²) >= 11 is 1.19. The van der Waals surface area contributed by atoms with Crippen molar-refractivity contribution in [2.24, 2.45) is 7.05 Å². The van der Waals surface area contributed by atoms with Crippen LogP contribution in [0.5, 0.6) is 0 Å². The van der Waals surface area contributed by atoms with Gasteiger partial charge in [0.2, 0.25) is 5.91 Å². The summed E-state index contributed by atoms with van der Waals surface area (Å²) in [6.07, 6.45) is 3.35. The van der Waals surface area contributed by atoms with Gasteiger partial charge in [-0.05, 0) is 30.3 Å². The molecule has 0 atom stereocenters. The smallest absolute Gasteiger partial charge is 0.337 e. The van der Waals surface area contributed by atoms with Gasteiger partial charge in [0.1, 0.15) is 0 Å². The number of pyridine rings is 1. The number of rotatable bonds is 7. The molecule has 0 fully saturated rings. The second kappa shape index (κ2) is 9.85. The van der Waals surface area contributed by atoms with Gasteiger partial charge < -0.3 is 19.4 Å². The number of amides is 1. The number of ether oxygens (including phenoxy) is 2. The van der Waals surface area contributed by atoms with Crippen LogP contribution in [-0.2, 0) is 21.3 Å². The second-order valence-corrected chi connectivity index (χ2v) is 7.17. The minimum absolute atomic E-state index is 0.0367. The lowest BCUT2D eigenvalue weighted by Gasteiger charge is -2.09. The largest absolute Gasteiger partial charge is 0.465 e. The Morgan fingerprint density at radius 3 is 2.32 bits per heavy atom. The van der Waals surface area contributed by atoms with Gasteiger partial charge in [0, 0.05) is 30.7 Å². The number of esters is 2. The number of thioether (sulfide) groups is 1. The van der Waals surface area contributed by atoms with E-state index >= 15 is 0 Å². The van der Waals surface area contributed by atoms with E-state index in [1.54, 1.807) is 30.1 Å². The molecule has 0 saturated heterocycles. The van der Waals surface area contributed by atoms with Crippen molar-refractivity contribution in [3.05, 3.63) is 53.9 Å². The molecule has 3 aromatic rings. The Morgan fingerprint density at radius 1 is 1.06 bits per heavy atom. The fourth-order valence-electron chi connectivity index (χ4n) is 2.69. The SMILES string of the molecule is COC(=O)c1cc(NC(=O)CSc2nnc(-c3cccnc3)n2C)cc(C(=O)OC)c1.